The van der Waals surface area contributed by atoms with Crippen LogP contribution in [0.4, 0.5) is 0 Å². The van der Waals surface area contributed by atoms with Crippen molar-refractivity contribution in [1.82, 2.24) is 14.6 Å². The number of nitrogens with zero attached hydrogens (tertiary/aromatic N) is 2. The summed E-state index contributed by atoms with van der Waals surface area (Å²) in [7, 11) is -3.06. The Kier molecular flexibility index (Phi) is 6.82. The molecule has 1 N–H and O–H groups in total. The predicted molar refractivity (Wildman–Crippen MR) is 106 cm³/mol. The Labute approximate surface area is 161 Å². The van der Waals surface area contributed by atoms with Crippen molar-refractivity contribution in [3.8, 4) is 5.75 Å². The van der Waals surface area contributed by atoms with Gasteiger partial charge in [0.1, 0.15) is 12.4 Å². The molecule has 0 spiro atoms. The molecule has 2 heterocycles. The van der Waals surface area contributed by atoms with Crippen LogP contribution in [0.15, 0.2) is 48.8 Å². The lowest BCUT2D eigenvalue weighted by molar-refractivity contribution is 0.267. The second-order valence-electron chi connectivity index (χ2n) is 6.99. The number of benzene rings is 1. The van der Waals surface area contributed by atoms with E-state index in [1.54, 1.807) is 10.5 Å². The highest BCUT2D eigenvalue weighted by atomic mass is 32.2. The molecule has 3 rings (SSSR count). The van der Waals surface area contributed by atoms with Crippen LogP contribution >= 0.6 is 0 Å². The number of ether oxygens (including phenoxy) is 1. The van der Waals surface area contributed by atoms with Crippen LogP contribution in [-0.4, -0.2) is 43.6 Å². The lowest BCUT2D eigenvalue weighted by Gasteiger charge is -2.30. The monoisotopic (exact) mass is 389 g/mol. The van der Waals surface area contributed by atoms with Gasteiger partial charge in [0, 0.05) is 43.2 Å². The van der Waals surface area contributed by atoms with E-state index in [-0.39, 0.29) is 0 Å². The molecule has 146 valence electrons. The molecule has 27 heavy (non-hydrogen) atoms. The van der Waals surface area contributed by atoms with Crippen molar-refractivity contribution in [2.24, 2.45) is 5.92 Å². The molecule has 0 unspecified atom stereocenters. The summed E-state index contributed by atoms with van der Waals surface area (Å²) in [5, 5.41) is 3.50. The van der Waals surface area contributed by atoms with E-state index in [1.165, 1.54) is 6.26 Å². The summed E-state index contributed by atoms with van der Waals surface area (Å²) < 4.78 is 30.7. The van der Waals surface area contributed by atoms with Crippen LogP contribution in [0.5, 0.6) is 5.75 Å². The van der Waals surface area contributed by atoms with Crippen LogP contribution in [-0.2, 0) is 23.2 Å². The zero-order chi connectivity index (χ0) is 19.1. The van der Waals surface area contributed by atoms with Crippen LogP contribution in [0.2, 0.25) is 0 Å². The Morgan fingerprint density at radius 3 is 2.67 bits per heavy atom. The van der Waals surface area contributed by atoms with Gasteiger partial charge < -0.3 is 10.1 Å². The minimum atomic E-state index is -3.06. The molecule has 1 fully saturated rings. The van der Waals surface area contributed by atoms with E-state index in [4.69, 9.17) is 4.74 Å². The average Bonchev–Trinajstić information content (AvgIpc) is 2.68. The second-order valence-corrected chi connectivity index (χ2v) is 8.98. The molecule has 0 radical (unpaired) electrons. The molecule has 1 aliphatic rings. The molecule has 0 saturated carbocycles. The minimum absolute atomic E-state index is 0.495. The van der Waals surface area contributed by atoms with E-state index in [9.17, 15) is 8.42 Å². The summed E-state index contributed by atoms with van der Waals surface area (Å²) in [6.07, 6.45) is 6.65. The van der Waals surface area contributed by atoms with Crippen LogP contribution in [0.3, 0.4) is 0 Å². The smallest absolute Gasteiger partial charge is 0.211 e. The van der Waals surface area contributed by atoms with E-state index >= 15 is 0 Å². The van der Waals surface area contributed by atoms with Gasteiger partial charge in [0.15, 0.2) is 0 Å². The molecule has 0 atom stereocenters. The van der Waals surface area contributed by atoms with Crippen molar-refractivity contribution in [3.63, 3.8) is 0 Å². The van der Waals surface area contributed by atoms with Crippen LogP contribution < -0.4 is 10.1 Å². The molecule has 0 aliphatic carbocycles. The first-order valence-corrected chi connectivity index (χ1v) is 11.1. The van der Waals surface area contributed by atoms with E-state index in [2.05, 4.69) is 16.4 Å². The van der Waals surface area contributed by atoms with Crippen molar-refractivity contribution in [2.75, 3.05) is 25.9 Å². The van der Waals surface area contributed by atoms with Gasteiger partial charge >= 0.3 is 0 Å². The highest BCUT2D eigenvalue weighted by Crippen LogP contribution is 2.21. The number of hydrogen-bond acceptors (Lipinski definition) is 5. The summed E-state index contributed by atoms with van der Waals surface area (Å²) in [5.41, 5.74) is 2.16. The van der Waals surface area contributed by atoms with Gasteiger partial charge in [-0.2, -0.15) is 0 Å². The van der Waals surface area contributed by atoms with Gasteiger partial charge in [0.25, 0.3) is 0 Å². The Hall–Kier alpha value is -1.96. The maximum absolute atomic E-state index is 11.6. The molecule has 0 bridgehead atoms. The number of nitrogens with one attached hydrogen (secondary N) is 1. The number of sulfonamides is 1. The van der Waals surface area contributed by atoms with Crippen molar-refractivity contribution >= 4 is 10.0 Å². The molecule has 1 aromatic carbocycles. The Balaban J connectivity index is 1.46. The fourth-order valence-electron chi connectivity index (χ4n) is 3.29. The maximum Gasteiger partial charge on any atom is 0.211 e. The SMILES string of the molecule is CS(=O)(=O)N1CCC(CNCc2ccccc2OCc2cccnc2)CC1. The van der Waals surface area contributed by atoms with Crippen molar-refractivity contribution in [2.45, 2.75) is 26.0 Å². The summed E-state index contributed by atoms with van der Waals surface area (Å²) in [5.74, 6) is 1.38. The highest BCUT2D eigenvalue weighted by Gasteiger charge is 2.24. The van der Waals surface area contributed by atoms with Crippen molar-refractivity contribution < 1.29 is 13.2 Å². The first kappa shape index (κ1) is 19.8. The minimum Gasteiger partial charge on any atom is -0.489 e. The largest absolute Gasteiger partial charge is 0.489 e. The standard InChI is InChI=1S/C20H27N3O3S/c1-27(24,25)23-11-8-17(9-12-23)13-22-15-19-6-2-3-7-20(19)26-16-18-5-4-10-21-14-18/h2-7,10,14,17,22H,8-9,11-13,15-16H2,1H3. The van der Waals surface area contributed by atoms with Gasteiger partial charge in [-0.25, -0.2) is 12.7 Å². The highest BCUT2D eigenvalue weighted by molar-refractivity contribution is 7.88. The van der Waals surface area contributed by atoms with Crippen molar-refractivity contribution in [1.29, 1.82) is 0 Å². The van der Waals surface area contributed by atoms with Gasteiger partial charge in [-0.3, -0.25) is 4.98 Å². The quantitative estimate of drug-likeness (QED) is 0.751. The fourth-order valence-corrected chi connectivity index (χ4v) is 4.17. The Bertz CT molecular complexity index is 819. The molecule has 0 amide bonds. The third-order valence-corrected chi connectivity index (χ3v) is 6.18. The second kappa shape index (κ2) is 9.30. The molecule has 7 heteroatoms. The summed E-state index contributed by atoms with van der Waals surface area (Å²) in [6.45, 7) is 3.35. The first-order chi connectivity index (χ1) is 13.0. The molecule has 1 aromatic heterocycles. The number of hydrogen-bond donors (Lipinski definition) is 1. The van der Waals surface area contributed by atoms with Crippen LogP contribution in [0.1, 0.15) is 24.0 Å². The Morgan fingerprint density at radius 1 is 1.19 bits per heavy atom. The summed E-state index contributed by atoms with van der Waals surface area (Å²) in [4.78, 5) is 4.11. The number of rotatable bonds is 8. The lowest BCUT2D eigenvalue weighted by Crippen LogP contribution is -2.40. The number of para-hydroxylation sites is 1. The number of aromatic nitrogens is 1. The van der Waals surface area contributed by atoms with Gasteiger partial charge in [-0.15, -0.1) is 0 Å². The van der Waals surface area contributed by atoms with E-state index < -0.39 is 10.0 Å². The zero-order valence-corrected chi connectivity index (χ0v) is 16.5. The first-order valence-electron chi connectivity index (χ1n) is 9.28. The third-order valence-electron chi connectivity index (χ3n) is 4.88. The van der Waals surface area contributed by atoms with Crippen molar-refractivity contribution in [3.05, 3.63) is 59.9 Å². The zero-order valence-electron chi connectivity index (χ0n) is 15.7. The van der Waals surface area contributed by atoms with E-state index in [0.29, 0.717) is 25.6 Å². The number of piperidine rings is 1. The fraction of sp³-hybridized carbons (Fsp3) is 0.450. The van der Waals surface area contributed by atoms with Gasteiger partial charge in [0.05, 0.1) is 6.26 Å². The van der Waals surface area contributed by atoms with Gasteiger partial charge in [0.2, 0.25) is 10.0 Å². The molecule has 2 aromatic rings. The molecular formula is C20H27N3O3S. The topological polar surface area (TPSA) is 71.5 Å². The Morgan fingerprint density at radius 2 is 1.96 bits per heavy atom. The molecule has 1 saturated heterocycles. The molecular weight excluding hydrogens is 362 g/mol. The van der Waals surface area contributed by atoms with Crippen LogP contribution in [0, 0.1) is 5.92 Å². The summed E-state index contributed by atoms with van der Waals surface area (Å²) >= 11 is 0. The normalized spacial score (nSPS) is 16.3. The lowest BCUT2D eigenvalue weighted by atomic mass is 9.98. The third kappa shape index (κ3) is 6.02. The summed E-state index contributed by atoms with van der Waals surface area (Å²) in [6, 6.07) is 11.9. The number of pyridine rings is 1. The average molecular weight is 390 g/mol. The van der Waals surface area contributed by atoms with E-state index in [1.807, 2.05) is 36.5 Å². The van der Waals surface area contributed by atoms with Crippen LogP contribution in [0.25, 0.3) is 0 Å². The molecule has 6 nitrogen and oxygen atoms in total. The maximum atomic E-state index is 11.6. The van der Waals surface area contributed by atoms with E-state index in [0.717, 1.165) is 42.8 Å². The molecule has 1 aliphatic heterocycles. The van der Waals surface area contributed by atoms with Gasteiger partial charge in [-0.05, 0) is 37.4 Å². The predicted octanol–water partition coefficient (Wildman–Crippen LogP) is 2.42. The van der Waals surface area contributed by atoms with Gasteiger partial charge in [-0.1, -0.05) is 24.3 Å².